The highest BCUT2D eigenvalue weighted by Gasteiger charge is 2.08. The van der Waals surface area contributed by atoms with Crippen molar-refractivity contribution in [1.82, 2.24) is 4.98 Å². The summed E-state index contributed by atoms with van der Waals surface area (Å²) in [4.78, 5) is 15.3. The number of hydrogen-bond acceptors (Lipinski definition) is 1. The van der Waals surface area contributed by atoms with Crippen molar-refractivity contribution in [1.29, 1.82) is 0 Å². The number of carbonyl (C=O) groups excluding carboxylic acids is 1. The van der Waals surface area contributed by atoms with Crippen LogP contribution in [-0.2, 0) is 11.2 Å². The lowest BCUT2D eigenvalue weighted by Gasteiger charge is -2.08. The van der Waals surface area contributed by atoms with E-state index in [2.05, 4.69) is 10.3 Å². The van der Waals surface area contributed by atoms with Crippen molar-refractivity contribution in [2.24, 2.45) is 0 Å². The quantitative estimate of drug-likeness (QED) is 0.745. The van der Waals surface area contributed by atoms with E-state index in [1.807, 2.05) is 37.4 Å². The zero-order chi connectivity index (χ0) is 15.5. The maximum atomic E-state index is 13.2. The predicted octanol–water partition coefficient (Wildman–Crippen LogP) is 4.19. The van der Waals surface area contributed by atoms with Crippen molar-refractivity contribution < 1.29 is 9.18 Å². The van der Waals surface area contributed by atoms with Gasteiger partial charge in [-0.05, 0) is 42.7 Å². The summed E-state index contributed by atoms with van der Waals surface area (Å²) in [6.07, 6.45) is 2.94. The molecule has 0 atom stereocenters. The number of aromatic amines is 1. The summed E-state index contributed by atoms with van der Waals surface area (Å²) in [6, 6.07) is 12.4. The number of anilines is 1. The molecule has 3 nitrogen and oxygen atoms in total. The number of amides is 1. The minimum Gasteiger partial charge on any atom is -0.361 e. The second-order valence-electron chi connectivity index (χ2n) is 5.37. The topological polar surface area (TPSA) is 44.9 Å². The third kappa shape index (κ3) is 3.01. The van der Waals surface area contributed by atoms with Crippen molar-refractivity contribution >= 4 is 22.5 Å². The highest BCUT2D eigenvalue weighted by molar-refractivity contribution is 5.92. The Morgan fingerprint density at radius 1 is 1.23 bits per heavy atom. The standard InChI is InChI=1S/C18H17FN2O/c1-12-6-8-14(19)10-17(12)21-18(22)9-7-13-11-20-16-5-3-2-4-15(13)16/h2-6,8,10-11,20H,7,9H2,1H3,(H,21,22). The molecule has 4 heteroatoms. The van der Waals surface area contributed by atoms with Crippen molar-refractivity contribution in [3.8, 4) is 0 Å². The van der Waals surface area contributed by atoms with Gasteiger partial charge in [0.15, 0.2) is 0 Å². The molecule has 2 aromatic carbocycles. The van der Waals surface area contributed by atoms with Crippen molar-refractivity contribution in [2.75, 3.05) is 5.32 Å². The fraction of sp³-hybridized carbons (Fsp3) is 0.167. The van der Waals surface area contributed by atoms with Crippen LogP contribution in [0.15, 0.2) is 48.7 Å². The number of fused-ring (bicyclic) bond motifs is 1. The van der Waals surface area contributed by atoms with Crippen LogP contribution < -0.4 is 5.32 Å². The smallest absolute Gasteiger partial charge is 0.224 e. The Hall–Kier alpha value is -2.62. The molecule has 0 radical (unpaired) electrons. The Labute approximate surface area is 128 Å². The van der Waals surface area contributed by atoms with Gasteiger partial charge in [0.25, 0.3) is 0 Å². The van der Waals surface area contributed by atoms with E-state index in [0.29, 0.717) is 18.5 Å². The molecule has 22 heavy (non-hydrogen) atoms. The SMILES string of the molecule is Cc1ccc(F)cc1NC(=O)CCc1c[nH]c2ccccc12. The number of H-pyrrole nitrogens is 1. The van der Waals surface area contributed by atoms with Crippen LogP contribution in [0, 0.1) is 12.7 Å². The van der Waals surface area contributed by atoms with E-state index >= 15 is 0 Å². The van der Waals surface area contributed by atoms with Crippen LogP contribution in [0.1, 0.15) is 17.5 Å². The molecule has 3 aromatic rings. The molecule has 112 valence electrons. The Morgan fingerprint density at radius 3 is 2.91 bits per heavy atom. The van der Waals surface area contributed by atoms with Crippen LogP contribution in [0.25, 0.3) is 10.9 Å². The van der Waals surface area contributed by atoms with Crippen LogP contribution in [-0.4, -0.2) is 10.9 Å². The van der Waals surface area contributed by atoms with Gasteiger partial charge in [-0.3, -0.25) is 4.79 Å². The first-order valence-corrected chi connectivity index (χ1v) is 7.24. The zero-order valence-electron chi connectivity index (χ0n) is 12.3. The molecule has 0 saturated heterocycles. The van der Waals surface area contributed by atoms with E-state index in [-0.39, 0.29) is 11.7 Å². The molecule has 0 bridgehead atoms. The number of aryl methyl sites for hydroxylation is 2. The van der Waals surface area contributed by atoms with Gasteiger partial charge in [-0.15, -0.1) is 0 Å². The molecule has 3 rings (SSSR count). The van der Waals surface area contributed by atoms with E-state index in [4.69, 9.17) is 0 Å². The molecular formula is C18H17FN2O. The van der Waals surface area contributed by atoms with Crippen molar-refractivity contribution in [3.63, 3.8) is 0 Å². The number of halogens is 1. The first kappa shape index (κ1) is 14.3. The Kier molecular flexibility index (Phi) is 3.92. The Balaban J connectivity index is 1.66. The van der Waals surface area contributed by atoms with Crippen molar-refractivity contribution in [3.05, 3.63) is 65.6 Å². The fourth-order valence-electron chi connectivity index (χ4n) is 2.53. The molecule has 1 amide bonds. The lowest BCUT2D eigenvalue weighted by molar-refractivity contribution is -0.116. The maximum Gasteiger partial charge on any atom is 0.224 e. The molecule has 1 heterocycles. The number of para-hydroxylation sites is 1. The Bertz CT molecular complexity index is 823. The van der Waals surface area contributed by atoms with Gasteiger partial charge in [-0.2, -0.15) is 0 Å². The summed E-state index contributed by atoms with van der Waals surface area (Å²) in [5.74, 6) is -0.462. The number of nitrogens with one attached hydrogen (secondary N) is 2. The summed E-state index contributed by atoms with van der Waals surface area (Å²) in [5, 5.41) is 3.91. The molecule has 0 aliphatic carbocycles. The van der Waals surface area contributed by atoms with Gasteiger partial charge in [0.05, 0.1) is 0 Å². The highest BCUT2D eigenvalue weighted by Crippen LogP contribution is 2.20. The molecular weight excluding hydrogens is 279 g/mol. The van der Waals surface area contributed by atoms with Gasteiger partial charge in [0.2, 0.25) is 5.91 Å². The Morgan fingerprint density at radius 2 is 2.05 bits per heavy atom. The molecule has 1 aromatic heterocycles. The second kappa shape index (κ2) is 6.02. The van der Waals surface area contributed by atoms with Crippen LogP contribution in [0.5, 0.6) is 0 Å². The molecule has 0 aliphatic rings. The van der Waals surface area contributed by atoms with E-state index < -0.39 is 0 Å². The first-order valence-electron chi connectivity index (χ1n) is 7.24. The zero-order valence-corrected chi connectivity index (χ0v) is 12.3. The minimum absolute atomic E-state index is 0.112. The third-order valence-corrected chi connectivity index (χ3v) is 3.77. The maximum absolute atomic E-state index is 13.2. The van der Waals surface area contributed by atoms with E-state index in [1.165, 1.54) is 12.1 Å². The van der Waals surface area contributed by atoms with Gasteiger partial charge < -0.3 is 10.3 Å². The fourth-order valence-corrected chi connectivity index (χ4v) is 2.53. The number of carbonyl (C=O) groups is 1. The first-order chi connectivity index (χ1) is 10.6. The largest absolute Gasteiger partial charge is 0.361 e. The lowest BCUT2D eigenvalue weighted by atomic mass is 10.1. The molecule has 2 N–H and O–H groups in total. The van der Waals surface area contributed by atoms with Gasteiger partial charge in [0, 0.05) is 29.2 Å². The van der Waals surface area contributed by atoms with E-state index in [9.17, 15) is 9.18 Å². The third-order valence-electron chi connectivity index (χ3n) is 3.77. The molecule has 0 fully saturated rings. The molecule has 0 spiro atoms. The lowest BCUT2D eigenvalue weighted by Crippen LogP contribution is -2.13. The van der Waals surface area contributed by atoms with Gasteiger partial charge >= 0.3 is 0 Å². The van der Waals surface area contributed by atoms with Crippen LogP contribution in [0.4, 0.5) is 10.1 Å². The summed E-state index contributed by atoms with van der Waals surface area (Å²) in [7, 11) is 0. The monoisotopic (exact) mass is 296 g/mol. The van der Waals surface area contributed by atoms with Gasteiger partial charge in [0.1, 0.15) is 5.82 Å². The van der Waals surface area contributed by atoms with Crippen LogP contribution in [0.3, 0.4) is 0 Å². The summed E-state index contributed by atoms with van der Waals surface area (Å²) in [5.41, 5.74) is 3.56. The number of aromatic nitrogens is 1. The van der Waals surface area contributed by atoms with Crippen molar-refractivity contribution in [2.45, 2.75) is 19.8 Å². The van der Waals surface area contributed by atoms with Crippen LogP contribution in [0.2, 0.25) is 0 Å². The second-order valence-corrected chi connectivity index (χ2v) is 5.37. The summed E-state index contributed by atoms with van der Waals surface area (Å²) in [6.45, 7) is 1.84. The molecule has 0 unspecified atom stereocenters. The summed E-state index contributed by atoms with van der Waals surface area (Å²) >= 11 is 0. The normalized spacial score (nSPS) is 10.8. The van der Waals surface area contributed by atoms with Gasteiger partial charge in [-0.1, -0.05) is 24.3 Å². The highest BCUT2D eigenvalue weighted by atomic mass is 19.1. The van der Waals surface area contributed by atoms with Crippen LogP contribution >= 0.6 is 0 Å². The molecule has 0 aliphatic heterocycles. The number of hydrogen-bond donors (Lipinski definition) is 2. The average molecular weight is 296 g/mol. The minimum atomic E-state index is -0.350. The van der Waals surface area contributed by atoms with Gasteiger partial charge in [-0.25, -0.2) is 4.39 Å². The number of rotatable bonds is 4. The molecule has 0 saturated carbocycles. The average Bonchev–Trinajstić information content (AvgIpc) is 2.92. The van der Waals surface area contributed by atoms with E-state index in [0.717, 1.165) is 22.0 Å². The van der Waals surface area contributed by atoms with E-state index in [1.54, 1.807) is 6.07 Å². The number of benzene rings is 2. The predicted molar refractivity (Wildman–Crippen MR) is 86.4 cm³/mol. The summed E-state index contributed by atoms with van der Waals surface area (Å²) < 4.78 is 13.2.